The predicted octanol–water partition coefficient (Wildman–Crippen LogP) is 18.6. The van der Waals surface area contributed by atoms with Crippen LogP contribution in [0.4, 0.5) is 45.5 Å². The predicted molar refractivity (Wildman–Crippen MR) is 350 cm³/mol. The number of benzene rings is 10. The lowest BCUT2D eigenvalue weighted by Crippen LogP contribution is -2.61. The van der Waals surface area contributed by atoms with Gasteiger partial charge in [-0.3, -0.25) is 0 Å². The van der Waals surface area contributed by atoms with Crippen molar-refractivity contribution >= 4 is 68.6 Å². The topological polar surface area (TPSA) is 9.72 Å². The molecule has 0 bridgehead atoms. The van der Waals surface area contributed by atoms with Crippen LogP contribution in [0, 0.1) is 6.92 Å². The maximum absolute atomic E-state index is 2.77. The van der Waals surface area contributed by atoms with Crippen molar-refractivity contribution in [2.75, 3.05) is 14.7 Å². The van der Waals surface area contributed by atoms with Crippen molar-refractivity contribution < 1.29 is 0 Å². The minimum Gasteiger partial charge on any atom is -0.330 e. The molecule has 0 N–H and O–H groups in total. The zero-order valence-electron chi connectivity index (χ0n) is 49.7. The number of rotatable bonds is 6. The fourth-order valence-corrected chi connectivity index (χ4v) is 15.0. The van der Waals surface area contributed by atoms with E-state index in [4.69, 9.17) is 0 Å². The highest BCUT2D eigenvalue weighted by Gasteiger charge is 2.63. The van der Waals surface area contributed by atoms with E-state index in [0.717, 1.165) is 18.5 Å². The minimum atomic E-state index is -0.493. The molecule has 2 unspecified atom stereocenters. The molecule has 4 heteroatoms. The Morgan fingerprint density at radius 3 is 1.63 bits per heavy atom. The van der Waals surface area contributed by atoms with E-state index in [-0.39, 0.29) is 28.4 Å². The first kappa shape index (κ1) is 51.8. The number of nitrogens with zero attached hydrogens (tertiary/aromatic N) is 3. The van der Waals surface area contributed by atoms with Gasteiger partial charge in [-0.2, -0.15) is 0 Å². The zero-order valence-corrected chi connectivity index (χ0v) is 49.7. The Labute approximate surface area is 488 Å². The second-order valence-corrected chi connectivity index (χ2v) is 27.2. The summed E-state index contributed by atoms with van der Waals surface area (Å²) in [6.07, 6.45) is 2.00. The molecular weight excluding hydrogens is 990 g/mol. The minimum absolute atomic E-state index is 0.00818. The molecule has 10 aromatic carbocycles. The van der Waals surface area contributed by atoms with Crippen LogP contribution in [0.1, 0.15) is 120 Å². The van der Waals surface area contributed by atoms with Crippen LogP contribution >= 0.6 is 0 Å². The Balaban J connectivity index is 1.07. The van der Waals surface area contributed by atoms with E-state index in [1.54, 1.807) is 0 Å². The summed E-state index contributed by atoms with van der Waals surface area (Å²) in [6, 6.07) is 86.8. The number of fused-ring (bicyclic) bond motifs is 9. The molecule has 82 heavy (non-hydrogen) atoms. The Morgan fingerprint density at radius 2 is 0.963 bits per heavy atom. The molecule has 0 amide bonds. The van der Waals surface area contributed by atoms with Crippen molar-refractivity contribution in [1.82, 2.24) is 0 Å². The lowest BCUT2D eigenvalue weighted by molar-refractivity contribution is 0.270. The first-order valence-corrected chi connectivity index (χ1v) is 29.8. The Kier molecular flexibility index (Phi) is 11.7. The average Bonchev–Trinajstić information content (AvgIpc) is 1.66. The van der Waals surface area contributed by atoms with Gasteiger partial charge in [-0.1, -0.05) is 226 Å². The van der Waals surface area contributed by atoms with E-state index in [0.29, 0.717) is 0 Å². The molecule has 0 radical (unpaired) electrons. The molecule has 404 valence electrons. The van der Waals surface area contributed by atoms with Gasteiger partial charge in [0.1, 0.15) is 0 Å². The van der Waals surface area contributed by atoms with E-state index >= 15 is 0 Å². The van der Waals surface area contributed by atoms with Crippen LogP contribution in [0.5, 0.6) is 0 Å². The third kappa shape index (κ3) is 7.84. The van der Waals surface area contributed by atoms with Gasteiger partial charge in [-0.05, 0) is 181 Å². The van der Waals surface area contributed by atoms with E-state index in [2.05, 4.69) is 315 Å². The maximum Gasteiger partial charge on any atom is 0.252 e. The fraction of sp³-hybridized carbons (Fsp3) is 0.231. The second kappa shape index (κ2) is 18.6. The first-order valence-electron chi connectivity index (χ1n) is 29.8. The van der Waals surface area contributed by atoms with Crippen LogP contribution < -0.4 is 31.1 Å². The van der Waals surface area contributed by atoms with E-state index in [1.165, 1.54) is 123 Å². The Morgan fingerprint density at radius 1 is 0.402 bits per heavy atom. The molecular formula is C78H74BN3. The Hall–Kier alpha value is -8.34. The Bertz CT molecular complexity index is 4140. The van der Waals surface area contributed by atoms with Gasteiger partial charge in [-0.15, -0.1) is 0 Å². The molecule has 10 aromatic rings. The van der Waals surface area contributed by atoms with E-state index in [1.807, 2.05) is 0 Å². The van der Waals surface area contributed by atoms with Gasteiger partial charge in [0.2, 0.25) is 0 Å². The molecule has 2 atom stereocenters. The molecule has 0 saturated heterocycles. The van der Waals surface area contributed by atoms with Gasteiger partial charge in [0.25, 0.3) is 6.71 Å². The van der Waals surface area contributed by atoms with Crippen LogP contribution in [-0.2, 0) is 33.6 Å². The monoisotopic (exact) mass is 1060 g/mol. The highest BCUT2D eigenvalue weighted by molar-refractivity contribution is 7.00. The van der Waals surface area contributed by atoms with Gasteiger partial charge in [0.15, 0.2) is 0 Å². The lowest BCUT2D eigenvalue weighted by atomic mass is 9.33. The summed E-state index contributed by atoms with van der Waals surface area (Å²) in [5.41, 5.74) is 28.3. The molecule has 0 fully saturated rings. The summed E-state index contributed by atoms with van der Waals surface area (Å²) >= 11 is 0. The molecule has 3 aliphatic heterocycles. The quantitative estimate of drug-likeness (QED) is 0.154. The van der Waals surface area contributed by atoms with Gasteiger partial charge in [0.05, 0.1) is 16.6 Å². The molecule has 3 nitrogen and oxygen atoms in total. The number of anilines is 8. The van der Waals surface area contributed by atoms with E-state index < -0.39 is 5.54 Å². The average molecular weight is 1060 g/mol. The third-order valence-corrected chi connectivity index (χ3v) is 19.2. The summed E-state index contributed by atoms with van der Waals surface area (Å²) in [5.74, 6) is 0. The normalized spacial score (nSPS) is 17.8. The number of aryl methyl sites for hydroxylation is 2. The number of hydrogen-bond donors (Lipinski definition) is 0. The van der Waals surface area contributed by atoms with Crippen molar-refractivity contribution in [3.63, 3.8) is 0 Å². The van der Waals surface area contributed by atoms with Gasteiger partial charge < -0.3 is 14.7 Å². The molecule has 0 aromatic heterocycles. The molecule has 0 saturated carbocycles. The van der Waals surface area contributed by atoms with Gasteiger partial charge in [0, 0.05) is 45.4 Å². The van der Waals surface area contributed by atoms with Crippen LogP contribution in [0.25, 0.3) is 22.3 Å². The van der Waals surface area contributed by atoms with Crippen LogP contribution in [0.2, 0.25) is 0 Å². The highest BCUT2D eigenvalue weighted by Crippen LogP contribution is 2.67. The smallest absolute Gasteiger partial charge is 0.252 e. The summed E-state index contributed by atoms with van der Waals surface area (Å²) in [5, 5.41) is 0. The first-order chi connectivity index (χ1) is 39.3. The van der Waals surface area contributed by atoms with Crippen LogP contribution in [0.15, 0.2) is 224 Å². The van der Waals surface area contributed by atoms with Crippen molar-refractivity contribution in [2.45, 2.75) is 116 Å². The van der Waals surface area contributed by atoms with Crippen molar-refractivity contribution in [2.24, 2.45) is 0 Å². The van der Waals surface area contributed by atoms with E-state index in [9.17, 15) is 0 Å². The molecule has 4 aliphatic rings. The third-order valence-electron chi connectivity index (χ3n) is 19.2. The van der Waals surface area contributed by atoms with Crippen LogP contribution in [0.3, 0.4) is 0 Å². The molecule has 0 spiro atoms. The number of hydrogen-bond acceptors (Lipinski definition) is 3. The SMILES string of the molecule is Cc1cc2c3c(c1)N(c1ccc(C(C)(C)C)cc1-c1ccccc1)c1ccc(-c4ccccc4)cc1B3c1ccc(N3c4ccc(C(C)(C)C)cc4C4(c5ccccc5)CCc5ccccc5C34C)cc1N2c1ccc(C(C)(C)C)cc1. The standard InChI is InChI=1S/C78H74BN3/c1-51-45-71-73-72(46-51)81(67-41-34-58(75(5,6)7)48-62(67)53-25-17-13-18-26-53)69-40-31-55(52-23-15-12-16-24-52)47-66(69)79(73)65-39-38-61(50-70(65)80(71)60-36-32-56(33-37-60)74(2,3)4)82-68-42-35-59(76(8,9)10)49-64(68)78(57-28-19-14-20-29-57)44-43-54-27-21-22-30-63(54)77(78,82)11/h12-42,45-50H,43-44H2,1-11H3. The largest absolute Gasteiger partial charge is 0.330 e. The second-order valence-electron chi connectivity index (χ2n) is 27.2. The highest BCUT2D eigenvalue weighted by atomic mass is 15.3. The van der Waals surface area contributed by atoms with Crippen molar-refractivity contribution in [3.8, 4) is 22.3 Å². The molecule has 3 heterocycles. The zero-order chi connectivity index (χ0) is 56.7. The summed E-state index contributed by atoms with van der Waals surface area (Å²) in [6.45, 7) is 25.8. The summed E-state index contributed by atoms with van der Waals surface area (Å²) < 4.78 is 0. The molecule has 1 aliphatic carbocycles. The van der Waals surface area contributed by atoms with Gasteiger partial charge >= 0.3 is 0 Å². The van der Waals surface area contributed by atoms with Crippen LogP contribution in [-0.4, -0.2) is 6.71 Å². The summed E-state index contributed by atoms with van der Waals surface area (Å²) in [7, 11) is 0. The fourth-order valence-electron chi connectivity index (χ4n) is 15.0. The van der Waals surface area contributed by atoms with Gasteiger partial charge in [-0.25, -0.2) is 0 Å². The maximum atomic E-state index is 2.77. The van der Waals surface area contributed by atoms with Crippen molar-refractivity contribution in [3.05, 3.63) is 269 Å². The summed E-state index contributed by atoms with van der Waals surface area (Å²) in [4.78, 5) is 8.01. The van der Waals surface area contributed by atoms with Crippen molar-refractivity contribution in [1.29, 1.82) is 0 Å². The molecule has 14 rings (SSSR count). The lowest BCUT2D eigenvalue weighted by Gasteiger charge is -2.53.